The van der Waals surface area contributed by atoms with Gasteiger partial charge >= 0.3 is 0 Å². The summed E-state index contributed by atoms with van der Waals surface area (Å²) >= 11 is 0. The Morgan fingerprint density at radius 1 is 1.05 bits per heavy atom. The number of allylic oxidation sites excluding steroid dienone is 7. The fourth-order valence-electron chi connectivity index (χ4n) is 3.39. The van der Waals surface area contributed by atoms with Crippen molar-refractivity contribution in [1.29, 1.82) is 0 Å². The first-order valence-electron chi connectivity index (χ1n) is 7.57. The minimum atomic E-state index is 0.699. The standard InChI is InChI=1S/C20H22/c1-3-5-8-16-12-19(11-15(16)4-2)20-13-17-9-6-7-10-18(17)14-20/h3-10,13,19H,11-12,14H2,1-2H3/b5-3-,15-4-,16-8-. The molecule has 0 aromatic heterocycles. The second-order valence-corrected chi connectivity index (χ2v) is 5.73. The lowest BCUT2D eigenvalue weighted by atomic mass is 9.95. The molecule has 1 aromatic rings. The summed E-state index contributed by atoms with van der Waals surface area (Å²) in [5.74, 6) is 0.699. The van der Waals surface area contributed by atoms with Gasteiger partial charge in [0, 0.05) is 0 Å². The van der Waals surface area contributed by atoms with Crippen molar-refractivity contribution in [2.75, 3.05) is 0 Å². The van der Waals surface area contributed by atoms with E-state index in [-0.39, 0.29) is 0 Å². The van der Waals surface area contributed by atoms with Gasteiger partial charge in [0.2, 0.25) is 0 Å². The van der Waals surface area contributed by atoms with E-state index >= 15 is 0 Å². The maximum Gasteiger partial charge on any atom is -0.00548 e. The van der Waals surface area contributed by atoms with Crippen LogP contribution in [0.25, 0.3) is 6.08 Å². The van der Waals surface area contributed by atoms with Crippen LogP contribution >= 0.6 is 0 Å². The zero-order valence-corrected chi connectivity index (χ0v) is 12.4. The molecule has 0 nitrogen and oxygen atoms in total. The Balaban J connectivity index is 1.82. The molecule has 0 heteroatoms. The van der Waals surface area contributed by atoms with Crippen LogP contribution in [-0.2, 0) is 6.42 Å². The maximum atomic E-state index is 2.42. The predicted octanol–water partition coefficient (Wildman–Crippen LogP) is 5.48. The Hall–Kier alpha value is -1.82. The second kappa shape index (κ2) is 5.66. The number of hydrogen-bond acceptors (Lipinski definition) is 0. The molecular weight excluding hydrogens is 240 g/mol. The van der Waals surface area contributed by atoms with Gasteiger partial charge in [-0.15, -0.1) is 0 Å². The van der Waals surface area contributed by atoms with Crippen LogP contribution < -0.4 is 0 Å². The Labute approximate surface area is 122 Å². The molecule has 3 rings (SSSR count). The van der Waals surface area contributed by atoms with Gasteiger partial charge < -0.3 is 0 Å². The molecule has 1 atom stereocenters. The van der Waals surface area contributed by atoms with Gasteiger partial charge in [-0.1, -0.05) is 60.2 Å². The third kappa shape index (κ3) is 2.43. The number of rotatable bonds is 2. The molecule has 2 aliphatic carbocycles. The van der Waals surface area contributed by atoms with E-state index in [1.54, 1.807) is 5.57 Å². The van der Waals surface area contributed by atoms with Crippen LogP contribution in [0.15, 0.2) is 65.3 Å². The molecule has 0 heterocycles. The van der Waals surface area contributed by atoms with Crippen molar-refractivity contribution in [2.45, 2.75) is 33.1 Å². The van der Waals surface area contributed by atoms with E-state index < -0.39 is 0 Å². The minimum absolute atomic E-state index is 0.699. The SMILES string of the molecule is C\C=C/C=C1/CC(C2=Cc3ccccc3C2)C/C1=C/C. The molecule has 0 radical (unpaired) electrons. The van der Waals surface area contributed by atoms with Crippen molar-refractivity contribution in [1.82, 2.24) is 0 Å². The average molecular weight is 262 g/mol. The van der Waals surface area contributed by atoms with E-state index in [1.165, 1.54) is 35.1 Å². The van der Waals surface area contributed by atoms with Crippen LogP contribution in [0.2, 0.25) is 0 Å². The van der Waals surface area contributed by atoms with E-state index in [2.05, 4.69) is 68.5 Å². The van der Waals surface area contributed by atoms with Crippen molar-refractivity contribution >= 4 is 6.08 Å². The minimum Gasteiger partial charge on any atom is -0.0877 e. The predicted molar refractivity (Wildman–Crippen MR) is 87.5 cm³/mol. The van der Waals surface area contributed by atoms with Crippen LogP contribution in [0.4, 0.5) is 0 Å². The smallest absolute Gasteiger partial charge is 0.00548 e. The van der Waals surface area contributed by atoms with Crippen molar-refractivity contribution < 1.29 is 0 Å². The van der Waals surface area contributed by atoms with E-state index in [4.69, 9.17) is 0 Å². The number of fused-ring (bicyclic) bond motifs is 1. The van der Waals surface area contributed by atoms with Crippen LogP contribution in [-0.4, -0.2) is 0 Å². The highest BCUT2D eigenvalue weighted by atomic mass is 14.3. The fourth-order valence-corrected chi connectivity index (χ4v) is 3.39. The number of benzene rings is 1. The van der Waals surface area contributed by atoms with Gasteiger partial charge in [-0.25, -0.2) is 0 Å². The quantitative estimate of drug-likeness (QED) is 0.661. The summed E-state index contributed by atoms with van der Waals surface area (Å²) in [5.41, 5.74) is 7.60. The van der Waals surface area contributed by atoms with Gasteiger partial charge in [-0.3, -0.25) is 0 Å². The molecule has 0 spiro atoms. The molecule has 102 valence electrons. The van der Waals surface area contributed by atoms with Gasteiger partial charge in [0.25, 0.3) is 0 Å². The first-order chi connectivity index (χ1) is 9.81. The molecule has 0 N–H and O–H groups in total. The maximum absolute atomic E-state index is 2.42. The topological polar surface area (TPSA) is 0 Å². The lowest BCUT2D eigenvalue weighted by Crippen LogP contribution is -1.98. The van der Waals surface area contributed by atoms with Crippen molar-refractivity contribution in [3.63, 3.8) is 0 Å². The lowest BCUT2D eigenvalue weighted by molar-refractivity contribution is 0.662. The van der Waals surface area contributed by atoms with Crippen LogP contribution in [0.3, 0.4) is 0 Å². The molecule has 1 aromatic carbocycles. The summed E-state index contributed by atoms with van der Waals surface area (Å²) in [5, 5.41) is 0. The summed E-state index contributed by atoms with van der Waals surface area (Å²) in [6, 6.07) is 8.80. The van der Waals surface area contributed by atoms with Crippen LogP contribution in [0.1, 0.15) is 37.8 Å². The van der Waals surface area contributed by atoms with Crippen molar-refractivity contribution in [3.8, 4) is 0 Å². The summed E-state index contributed by atoms with van der Waals surface area (Å²) in [4.78, 5) is 0. The normalized spacial score (nSPS) is 25.7. The summed E-state index contributed by atoms with van der Waals surface area (Å²) in [6.07, 6.45) is 14.8. The molecular formula is C20H22. The molecule has 1 unspecified atom stereocenters. The Bertz CT molecular complexity index is 623. The highest BCUT2D eigenvalue weighted by Crippen LogP contribution is 2.43. The lowest BCUT2D eigenvalue weighted by Gasteiger charge is -2.09. The molecule has 0 amide bonds. The molecule has 0 bridgehead atoms. The zero-order valence-electron chi connectivity index (χ0n) is 12.4. The summed E-state index contributed by atoms with van der Waals surface area (Å²) in [7, 11) is 0. The Morgan fingerprint density at radius 3 is 2.60 bits per heavy atom. The van der Waals surface area contributed by atoms with Gasteiger partial charge in [-0.2, -0.15) is 0 Å². The Kier molecular flexibility index (Phi) is 3.73. The molecule has 1 fully saturated rings. The van der Waals surface area contributed by atoms with E-state index in [0.717, 1.165) is 6.42 Å². The van der Waals surface area contributed by atoms with Crippen LogP contribution in [0.5, 0.6) is 0 Å². The summed E-state index contributed by atoms with van der Waals surface area (Å²) < 4.78 is 0. The van der Waals surface area contributed by atoms with Gasteiger partial charge in [0.1, 0.15) is 0 Å². The monoisotopic (exact) mass is 262 g/mol. The number of hydrogen-bond donors (Lipinski definition) is 0. The van der Waals surface area contributed by atoms with E-state index in [0.29, 0.717) is 5.92 Å². The molecule has 0 saturated heterocycles. The van der Waals surface area contributed by atoms with Crippen molar-refractivity contribution in [3.05, 3.63) is 76.4 Å². The second-order valence-electron chi connectivity index (χ2n) is 5.73. The highest BCUT2D eigenvalue weighted by Gasteiger charge is 2.28. The molecule has 2 aliphatic rings. The van der Waals surface area contributed by atoms with Crippen molar-refractivity contribution in [2.24, 2.45) is 5.92 Å². The first kappa shape index (κ1) is 13.2. The van der Waals surface area contributed by atoms with E-state index in [9.17, 15) is 0 Å². The van der Waals surface area contributed by atoms with Gasteiger partial charge in [0.15, 0.2) is 0 Å². The Morgan fingerprint density at radius 2 is 1.85 bits per heavy atom. The van der Waals surface area contributed by atoms with Crippen LogP contribution in [0, 0.1) is 5.92 Å². The fraction of sp³-hybridized carbons (Fsp3) is 0.300. The third-order valence-corrected chi connectivity index (χ3v) is 4.50. The van der Waals surface area contributed by atoms with E-state index in [1.807, 2.05) is 0 Å². The largest absolute Gasteiger partial charge is 0.0877 e. The highest BCUT2D eigenvalue weighted by molar-refractivity contribution is 5.65. The third-order valence-electron chi connectivity index (χ3n) is 4.50. The van der Waals surface area contributed by atoms with Gasteiger partial charge in [0.05, 0.1) is 0 Å². The molecule has 1 saturated carbocycles. The summed E-state index contributed by atoms with van der Waals surface area (Å²) in [6.45, 7) is 4.24. The zero-order chi connectivity index (χ0) is 13.9. The van der Waals surface area contributed by atoms with Gasteiger partial charge in [-0.05, 0) is 61.3 Å². The first-order valence-corrected chi connectivity index (χ1v) is 7.57. The molecule has 0 aliphatic heterocycles. The molecule has 20 heavy (non-hydrogen) atoms. The average Bonchev–Trinajstić information content (AvgIpc) is 3.08.